The van der Waals surface area contributed by atoms with Gasteiger partial charge in [-0.05, 0) is 30.0 Å². The molecule has 0 aromatic heterocycles. The van der Waals surface area contributed by atoms with Crippen molar-refractivity contribution in [2.75, 3.05) is 7.11 Å². The Labute approximate surface area is 143 Å². The van der Waals surface area contributed by atoms with Gasteiger partial charge in [0.2, 0.25) is 0 Å². The van der Waals surface area contributed by atoms with Crippen LogP contribution in [0.5, 0.6) is 0 Å². The van der Waals surface area contributed by atoms with Crippen molar-refractivity contribution >= 4 is 6.09 Å². The lowest BCUT2D eigenvalue weighted by molar-refractivity contribution is -0.0257. The number of carbonyl (C=O) groups excluding carboxylic acids is 1. The zero-order valence-corrected chi connectivity index (χ0v) is 14.5. The normalized spacial score (nSPS) is 13.1. The van der Waals surface area contributed by atoms with Crippen molar-refractivity contribution in [1.82, 2.24) is 5.32 Å². The minimum atomic E-state index is -0.429. The first-order valence-electron chi connectivity index (χ1n) is 8.22. The number of ether oxygens (including phenoxy) is 2. The number of hydrogen-bond donors (Lipinski definition) is 1. The van der Waals surface area contributed by atoms with Crippen molar-refractivity contribution in [3.63, 3.8) is 0 Å². The average Bonchev–Trinajstić information content (AvgIpc) is 2.62. The molecule has 2 aromatic rings. The number of nitrogens with one attached hydrogen (secondary N) is 1. The average molecular weight is 327 g/mol. The highest BCUT2D eigenvalue weighted by Crippen LogP contribution is 2.27. The summed E-state index contributed by atoms with van der Waals surface area (Å²) < 4.78 is 11.2. The molecule has 0 saturated carbocycles. The van der Waals surface area contributed by atoms with Crippen LogP contribution in [0, 0.1) is 6.92 Å². The summed E-state index contributed by atoms with van der Waals surface area (Å²) in [7, 11) is 1.64. The molecule has 1 amide bonds. The van der Waals surface area contributed by atoms with E-state index >= 15 is 0 Å². The number of hydrogen-bond acceptors (Lipinski definition) is 3. The molecule has 2 atom stereocenters. The van der Waals surface area contributed by atoms with Crippen LogP contribution in [0.1, 0.15) is 36.1 Å². The van der Waals surface area contributed by atoms with Crippen LogP contribution in [0.4, 0.5) is 4.79 Å². The molecule has 0 aliphatic heterocycles. The molecule has 24 heavy (non-hydrogen) atoms. The molecule has 2 aromatic carbocycles. The van der Waals surface area contributed by atoms with E-state index in [0.29, 0.717) is 13.0 Å². The molecule has 1 N–H and O–H groups in total. The van der Waals surface area contributed by atoms with E-state index < -0.39 is 6.09 Å². The standard InChI is InChI=1S/C20H25NO3/c1-4-18(19(23-3)17-13-9-8-10-15(17)2)24-20(22)21-14-16-11-6-5-7-12-16/h5-13,18-19H,4,14H2,1-3H3,(H,21,22). The van der Waals surface area contributed by atoms with Gasteiger partial charge in [0.15, 0.2) is 0 Å². The van der Waals surface area contributed by atoms with Crippen molar-refractivity contribution in [1.29, 1.82) is 0 Å². The number of amides is 1. The van der Waals surface area contributed by atoms with E-state index in [0.717, 1.165) is 16.7 Å². The van der Waals surface area contributed by atoms with E-state index in [-0.39, 0.29) is 12.2 Å². The number of benzene rings is 2. The summed E-state index contributed by atoms with van der Waals surface area (Å²) in [5, 5.41) is 2.79. The minimum Gasteiger partial charge on any atom is -0.443 e. The summed E-state index contributed by atoms with van der Waals surface area (Å²) in [4.78, 5) is 12.1. The van der Waals surface area contributed by atoms with E-state index in [9.17, 15) is 4.79 Å². The van der Waals surface area contributed by atoms with Crippen LogP contribution >= 0.6 is 0 Å². The van der Waals surface area contributed by atoms with Crippen LogP contribution in [0.2, 0.25) is 0 Å². The molecule has 0 radical (unpaired) electrons. The Kier molecular flexibility index (Phi) is 6.82. The summed E-state index contributed by atoms with van der Waals surface area (Å²) in [6, 6.07) is 17.7. The molecule has 0 aliphatic carbocycles. The number of methoxy groups -OCH3 is 1. The molecular weight excluding hydrogens is 302 g/mol. The van der Waals surface area contributed by atoms with Crippen molar-refractivity contribution in [3.05, 3.63) is 71.3 Å². The van der Waals surface area contributed by atoms with Crippen LogP contribution in [-0.2, 0) is 16.0 Å². The highest BCUT2D eigenvalue weighted by Gasteiger charge is 2.26. The van der Waals surface area contributed by atoms with E-state index in [1.165, 1.54) is 0 Å². The van der Waals surface area contributed by atoms with Gasteiger partial charge in [-0.1, -0.05) is 61.5 Å². The first kappa shape index (κ1) is 18.0. The second-order valence-corrected chi connectivity index (χ2v) is 5.70. The van der Waals surface area contributed by atoms with Gasteiger partial charge in [-0.2, -0.15) is 0 Å². The van der Waals surface area contributed by atoms with Gasteiger partial charge in [0, 0.05) is 13.7 Å². The molecule has 4 nitrogen and oxygen atoms in total. The van der Waals surface area contributed by atoms with Crippen LogP contribution in [0.3, 0.4) is 0 Å². The third kappa shape index (κ3) is 4.83. The Hall–Kier alpha value is -2.33. The van der Waals surface area contributed by atoms with Crippen molar-refractivity contribution in [2.45, 2.75) is 39.0 Å². The second kappa shape index (κ2) is 9.08. The van der Waals surface area contributed by atoms with Crippen molar-refractivity contribution in [2.24, 2.45) is 0 Å². The first-order valence-corrected chi connectivity index (χ1v) is 8.22. The largest absolute Gasteiger partial charge is 0.443 e. The second-order valence-electron chi connectivity index (χ2n) is 5.70. The Morgan fingerprint density at radius 3 is 2.38 bits per heavy atom. The van der Waals surface area contributed by atoms with Gasteiger partial charge in [-0.15, -0.1) is 0 Å². The van der Waals surface area contributed by atoms with Gasteiger partial charge in [0.1, 0.15) is 12.2 Å². The van der Waals surface area contributed by atoms with Crippen LogP contribution < -0.4 is 5.32 Å². The molecule has 4 heteroatoms. The third-order valence-electron chi connectivity index (χ3n) is 4.03. The fourth-order valence-electron chi connectivity index (χ4n) is 2.69. The highest BCUT2D eigenvalue weighted by atomic mass is 16.6. The Balaban J connectivity index is 1.99. The van der Waals surface area contributed by atoms with Gasteiger partial charge in [-0.3, -0.25) is 0 Å². The quantitative estimate of drug-likeness (QED) is 0.820. The van der Waals surface area contributed by atoms with Crippen LogP contribution in [0.15, 0.2) is 54.6 Å². The molecule has 0 fully saturated rings. The molecule has 2 unspecified atom stereocenters. The van der Waals surface area contributed by atoms with Gasteiger partial charge >= 0.3 is 6.09 Å². The lowest BCUT2D eigenvalue weighted by Gasteiger charge is -2.26. The monoisotopic (exact) mass is 327 g/mol. The van der Waals surface area contributed by atoms with E-state index in [4.69, 9.17) is 9.47 Å². The minimum absolute atomic E-state index is 0.279. The Morgan fingerprint density at radius 1 is 1.08 bits per heavy atom. The predicted octanol–water partition coefficient (Wildman–Crippen LogP) is 4.39. The smallest absolute Gasteiger partial charge is 0.407 e. The summed E-state index contributed by atoms with van der Waals surface area (Å²) in [6.07, 6.45) is -0.377. The molecule has 0 aliphatic rings. The number of carbonyl (C=O) groups is 1. The topological polar surface area (TPSA) is 47.6 Å². The summed E-state index contributed by atoms with van der Waals surface area (Å²) in [5.41, 5.74) is 3.20. The first-order chi connectivity index (χ1) is 11.7. The fourth-order valence-corrected chi connectivity index (χ4v) is 2.69. The summed E-state index contributed by atoms with van der Waals surface area (Å²) in [5.74, 6) is 0. The molecular formula is C20H25NO3. The highest BCUT2D eigenvalue weighted by molar-refractivity contribution is 5.67. The predicted molar refractivity (Wildman–Crippen MR) is 94.8 cm³/mol. The van der Waals surface area contributed by atoms with E-state index in [1.54, 1.807) is 7.11 Å². The zero-order valence-electron chi connectivity index (χ0n) is 14.5. The fraction of sp³-hybridized carbons (Fsp3) is 0.350. The maximum absolute atomic E-state index is 12.1. The van der Waals surface area contributed by atoms with Crippen LogP contribution in [0.25, 0.3) is 0 Å². The Morgan fingerprint density at radius 2 is 1.75 bits per heavy atom. The molecule has 0 saturated heterocycles. The maximum atomic E-state index is 12.1. The third-order valence-corrected chi connectivity index (χ3v) is 4.03. The number of aryl methyl sites for hydroxylation is 1. The van der Waals surface area contributed by atoms with Gasteiger partial charge in [-0.25, -0.2) is 4.79 Å². The number of rotatable bonds is 7. The van der Waals surface area contributed by atoms with Gasteiger partial charge in [0.05, 0.1) is 0 Å². The van der Waals surface area contributed by atoms with Crippen molar-refractivity contribution < 1.29 is 14.3 Å². The molecule has 0 bridgehead atoms. The van der Waals surface area contributed by atoms with E-state index in [2.05, 4.69) is 5.32 Å². The maximum Gasteiger partial charge on any atom is 0.407 e. The summed E-state index contributed by atoms with van der Waals surface area (Å²) >= 11 is 0. The lowest BCUT2D eigenvalue weighted by Crippen LogP contribution is -2.32. The van der Waals surface area contributed by atoms with Gasteiger partial charge in [0.25, 0.3) is 0 Å². The zero-order chi connectivity index (χ0) is 17.4. The lowest BCUT2D eigenvalue weighted by atomic mass is 9.98. The molecule has 2 rings (SSSR count). The van der Waals surface area contributed by atoms with Crippen molar-refractivity contribution in [3.8, 4) is 0 Å². The van der Waals surface area contributed by atoms with E-state index in [1.807, 2.05) is 68.4 Å². The Bertz CT molecular complexity index is 642. The molecule has 128 valence electrons. The van der Waals surface area contributed by atoms with Gasteiger partial charge < -0.3 is 14.8 Å². The molecule has 0 heterocycles. The molecule has 0 spiro atoms. The number of alkyl carbamates (subject to hydrolysis) is 1. The summed E-state index contributed by atoms with van der Waals surface area (Å²) in [6.45, 7) is 4.46. The SMILES string of the molecule is CCC(OC(=O)NCc1ccccc1)C(OC)c1ccccc1C. The van der Waals surface area contributed by atoms with Crippen LogP contribution in [-0.4, -0.2) is 19.3 Å².